The Balaban J connectivity index is 2.00. The van der Waals surface area contributed by atoms with Gasteiger partial charge in [-0.2, -0.15) is 5.26 Å². The van der Waals surface area contributed by atoms with E-state index in [0.29, 0.717) is 24.1 Å². The number of hydrogen-bond acceptors (Lipinski definition) is 3. The van der Waals surface area contributed by atoms with E-state index in [-0.39, 0.29) is 11.9 Å². The standard InChI is InChI=1S/C17H19N3O2/c1-12-6-7-13(11-18)10-14(12)20-15(21)17(19-16(20)22)8-4-2-3-5-9-17/h6-7,10H,2-5,8-9H2,1H3,(H,19,22). The van der Waals surface area contributed by atoms with E-state index in [9.17, 15) is 9.59 Å². The van der Waals surface area contributed by atoms with E-state index in [2.05, 4.69) is 11.4 Å². The number of nitrogens with one attached hydrogen (secondary N) is 1. The highest BCUT2D eigenvalue weighted by Gasteiger charge is 2.51. The first-order chi connectivity index (χ1) is 10.6. The first-order valence-electron chi connectivity index (χ1n) is 7.75. The zero-order valence-corrected chi connectivity index (χ0v) is 12.7. The van der Waals surface area contributed by atoms with Crippen molar-refractivity contribution in [3.63, 3.8) is 0 Å². The molecular weight excluding hydrogens is 278 g/mol. The molecule has 2 aliphatic rings. The molecule has 0 unspecified atom stereocenters. The van der Waals surface area contributed by atoms with Gasteiger partial charge in [0.2, 0.25) is 0 Å². The fourth-order valence-corrected chi connectivity index (χ4v) is 3.43. The lowest BCUT2D eigenvalue weighted by atomic mass is 9.90. The number of carbonyl (C=O) groups excluding carboxylic acids is 2. The quantitative estimate of drug-likeness (QED) is 0.810. The minimum Gasteiger partial charge on any atom is -0.323 e. The molecule has 0 atom stereocenters. The Morgan fingerprint density at radius 2 is 1.86 bits per heavy atom. The molecule has 1 aromatic carbocycles. The van der Waals surface area contributed by atoms with Gasteiger partial charge in [-0.25, -0.2) is 9.69 Å². The predicted molar refractivity (Wildman–Crippen MR) is 82.3 cm³/mol. The van der Waals surface area contributed by atoms with Crippen LogP contribution in [0.15, 0.2) is 18.2 Å². The molecule has 0 radical (unpaired) electrons. The highest BCUT2D eigenvalue weighted by Crippen LogP contribution is 2.36. The summed E-state index contributed by atoms with van der Waals surface area (Å²) in [6, 6.07) is 6.77. The van der Waals surface area contributed by atoms with Crippen LogP contribution in [0, 0.1) is 18.3 Å². The lowest BCUT2D eigenvalue weighted by Gasteiger charge is -2.25. The smallest absolute Gasteiger partial charge is 0.323 e. The molecule has 1 aliphatic heterocycles. The summed E-state index contributed by atoms with van der Waals surface area (Å²) >= 11 is 0. The molecule has 1 aromatic rings. The molecule has 0 bridgehead atoms. The third-order valence-electron chi connectivity index (χ3n) is 4.70. The molecule has 114 valence electrons. The molecule has 2 fully saturated rings. The van der Waals surface area contributed by atoms with Crippen molar-refractivity contribution < 1.29 is 9.59 Å². The van der Waals surface area contributed by atoms with E-state index in [0.717, 1.165) is 31.2 Å². The average molecular weight is 297 g/mol. The number of urea groups is 1. The Hall–Kier alpha value is -2.35. The maximum Gasteiger partial charge on any atom is 0.329 e. The Morgan fingerprint density at radius 1 is 1.18 bits per heavy atom. The van der Waals surface area contributed by atoms with Gasteiger partial charge < -0.3 is 5.32 Å². The molecule has 1 N–H and O–H groups in total. The Kier molecular flexibility index (Phi) is 3.61. The van der Waals surface area contributed by atoms with E-state index >= 15 is 0 Å². The van der Waals surface area contributed by atoms with E-state index in [1.54, 1.807) is 18.2 Å². The Bertz CT molecular complexity index is 667. The summed E-state index contributed by atoms with van der Waals surface area (Å²) in [6.45, 7) is 1.84. The molecule has 3 rings (SSSR count). The van der Waals surface area contributed by atoms with Crippen LogP contribution in [-0.4, -0.2) is 17.5 Å². The number of imide groups is 1. The van der Waals surface area contributed by atoms with Crippen LogP contribution < -0.4 is 10.2 Å². The maximum absolute atomic E-state index is 13.0. The highest BCUT2D eigenvalue weighted by atomic mass is 16.2. The minimum atomic E-state index is -0.747. The number of carbonyl (C=O) groups is 2. The van der Waals surface area contributed by atoms with Crippen LogP contribution in [0.25, 0.3) is 0 Å². The number of amides is 3. The number of benzene rings is 1. The molecule has 22 heavy (non-hydrogen) atoms. The van der Waals surface area contributed by atoms with Crippen LogP contribution in [0.1, 0.15) is 49.7 Å². The van der Waals surface area contributed by atoms with Gasteiger partial charge in [0.25, 0.3) is 5.91 Å². The lowest BCUT2D eigenvalue weighted by Crippen LogP contribution is -2.46. The van der Waals surface area contributed by atoms with Gasteiger partial charge >= 0.3 is 6.03 Å². The van der Waals surface area contributed by atoms with Gasteiger partial charge in [-0.1, -0.05) is 31.7 Å². The second-order valence-corrected chi connectivity index (χ2v) is 6.18. The Labute approximate surface area is 129 Å². The van der Waals surface area contributed by atoms with Gasteiger partial charge in [0, 0.05) is 0 Å². The summed E-state index contributed by atoms with van der Waals surface area (Å²) in [5, 5.41) is 12.0. The minimum absolute atomic E-state index is 0.169. The van der Waals surface area contributed by atoms with Crippen LogP contribution in [0.4, 0.5) is 10.5 Å². The van der Waals surface area contributed by atoms with Crippen LogP contribution in [-0.2, 0) is 4.79 Å². The normalized spacial score (nSPS) is 20.6. The number of nitriles is 1. The van der Waals surface area contributed by atoms with Crippen molar-refractivity contribution in [1.29, 1.82) is 5.26 Å². The van der Waals surface area contributed by atoms with Crippen LogP contribution in [0.2, 0.25) is 0 Å². The van der Waals surface area contributed by atoms with Gasteiger partial charge in [0.1, 0.15) is 5.54 Å². The van der Waals surface area contributed by atoms with E-state index in [1.807, 2.05) is 6.92 Å². The molecule has 3 amide bonds. The fourth-order valence-electron chi connectivity index (χ4n) is 3.43. The molecule has 1 saturated carbocycles. The maximum atomic E-state index is 13.0. The van der Waals surface area contributed by atoms with Gasteiger partial charge in [0.15, 0.2) is 0 Å². The number of aryl methyl sites for hydroxylation is 1. The van der Waals surface area contributed by atoms with Gasteiger partial charge in [-0.3, -0.25) is 4.79 Å². The van der Waals surface area contributed by atoms with Crippen molar-refractivity contribution in [2.45, 2.75) is 51.0 Å². The molecule has 1 spiro atoms. The van der Waals surface area contributed by atoms with Crippen molar-refractivity contribution in [2.75, 3.05) is 4.90 Å². The largest absolute Gasteiger partial charge is 0.329 e. The number of hydrogen-bond donors (Lipinski definition) is 1. The van der Waals surface area contributed by atoms with Crippen LogP contribution >= 0.6 is 0 Å². The predicted octanol–water partition coefficient (Wildman–Crippen LogP) is 3.02. The molecular formula is C17H19N3O2. The molecule has 5 heteroatoms. The van der Waals surface area contributed by atoms with Gasteiger partial charge in [-0.05, 0) is 37.5 Å². The number of rotatable bonds is 1. The highest BCUT2D eigenvalue weighted by molar-refractivity contribution is 6.23. The van der Waals surface area contributed by atoms with Crippen LogP contribution in [0.5, 0.6) is 0 Å². The second kappa shape index (κ2) is 5.45. The SMILES string of the molecule is Cc1ccc(C#N)cc1N1C(=O)NC2(CCCCCC2)C1=O. The van der Waals surface area contributed by atoms with Crippen LogP contribution in [0.3, 0.4) is 0 Å². The zero-order chi connectivity index (χ0) is 15.7. The number of anilines is 1. The first kappa shape index (κ1) is 14.6. The summed E-state index contributed by atoms with van der Waals surface area (Å²) in [5.74, 6) is -0.169. The van der Waals surface area contributed by atoms with Crippen molar-refractivity contribution in [1.82, 2.24) is 5.32 Å². The Morgan fingerprint density at radius 3 is 2.50 bits per heavy atom. The molecule has 1 saturated heterocycles. The molecule has 1 heterocycles. The van der Waals surface area contributed by atoms with Gasteiger partial charge in [0.05, 0.1) is 17.3 Å². The number of nitrogens with zero attached hydrogens (tertiary/aromatic N) is 2. The van der Waals surface area contributed by atoms with Crippen molar-refractivity contribution in [2.24, 2.45) is 0 Å². The van der Waals surface area contributed by atoms with Gasteiger partial charge in [-0.15, -0.1) is 0 Å². The monoisotopic (exact) mass is 297 g/mol. The summed E-state index contributed by atoms with van der Waals surface area (Å²) in [5.41, 5.74) is 1.03. The van der Waals surface area contributed by atoms with E-state index < -0.39 is 5.54 Å². The summed E-state index contributed by atoms with van der Waals surface area (Å²) in [7, 11) is 0. The summed E-state index contributed by atoms with van der Waals surface area (Å²) < 4.78 is 0. The molecule has 0 aromatic heterocycles. The third kappa shape index (κ3) is 2.25. The topological polar surface area (TPSA) is 73.2 Å². The first-order valence-corrected chi connectivity index (χ1v) is 7.75. The summed E-state index contributed by atoms with van der Waals surface area (Å²) in [4.78, 5) is 26.6. The second-order valence-electron chi connectivity index (χ2n) is 6.18. The van der Waals surface area contributed by atoms with Crippen molar-refractivity contribution in [3.05, 3.63) is 29.3 Å². The van der Waals surface area contributed by atoms with E-state index in [4.69, 9.17) is 5.26 Å². The zero-order valence-electron chi connectivity index (χ0n) is 12.7. The third-order valence-corrected chi connectivity index (χ3v) is 4.70. The lowest BCUT2D eigenvalue weighted by molar-refractivity contribution is -0.122. The van der Waals surface area contributed by atoms with E-state index in [1.165, 1.54) is 4.90 Å². The summed E-state index contributed by atoms with van der Waals surface area (Å²) in [6.07, 6.45) is 5.52. The van der Waals surface area contributed by atoms with Crippen molar-refractivity contribution >= 4 is 17.6 Å². The fraction of sp³-hybridized carbons (Fsp3) is 0.471. The average Bonchev–Trinajstić information content (AvgIpc) is 2.68. The van der Waals surface area contributed by atoms with Crippen molar-refractivity contribution in [3.8, 4) is 6.07 Å². The molecule has 1 aliphatic carbocycles. The molecule has 5 nitrogen and oxygen atoms in total.